The van der Waals surface area contributed by atoms with Gasteiger partial charge in [0.2, 0.25) is 0 Å². The van der Waals surface area contributed by atoms with Gasteiger partial charge in [0.05, 0.1) is 11.0 Å². The fraction of sp³-hybridized carbons (Fsp3) is 0.538. The first-order valence-corrected chi connectivity index (χ1v) is 7.44. The van der Waals surface area contributed by atoms with Crippen LogP contribution in [0.15, 0.2) is 24.3 Å². The Morgan fingerprint density at radius 3 is 3.05 bits per heavy atom. The summed E-state index contributed by atoms with van der Waals surface area (Å²) < 4.78 is 0. The molecule has 104 valence electrons. The fourth-order valence-electron chi connectivity index (χ4n) is 2.24. The topological polar surface area (TPSA) is 66.6 Å². The van der Waals surface area contributed by atoms with Crippen LogP contribution in [0.1, 0.15) is 18.1 Å². The van der Waals surface area contributed by atoms with Crippen LogP contribution in [0.25, 0.3) is 0 Å². The monoisotopic (exact) mass is 282 g/mol. The third-order valence-electron chi connectivity index (χ3n) is 3.46. The van der Waals surface area contributed by atoms with E-state index in [9.17, 15) is 15.2 Å². The molecule has 19 heavy (non-hydrogen) atoms. The van der Waals surface area contributed by atoms with Crippen LogP contribution in [0.2, 0.25) is 0 Å². The summed E-state index contributed by atoms with van der Waals surface area (Å²) >= 11 is 1.93. The highest BCUT2D eigenvalue weighted by molar-refractivity contribution is 7.99. The molecule has 1 aromatic rings. The summed E-state index contributed by atoms with van der Waals surface area (Å²) in [5.41, 5.74) is 0.627. The maximum absolute atomic E-state index is 10.7. The smallest absolute Gasteiger partial charge is 0.269 e. The van der Waals surface area contributed by atoms with Gasteiger partial charge in [-0.05, 0) is 24.8 Å². The number of benzene rings is 1. The molecule has 1 saturated heterocycles. The van der Waals surface area contributed by atoms with Gasteiger partial charge in [-0.2, -0.15) is 11.8 Å². The predicted molar refractivity (Wildman–Crippen MR) is 76.4 cm³/mol. The van der Waals surface area contributed by atoms with Crippen molar-refractivity contribution in [3.63, 3.8) is 0 Å². The molecule has 1 N–H and O–H groups in total. The van der Waals surface area contributed by atoms with E-state index in [0.29, 0.717) is 18.2 Å². The van der Waals surface area contributed by atoms with Crippen molar-refractivity contribution in [2.45, 2.75) is 18.6 Å². The number of nitrogens with zero attached hydrogens (tertiary/aromatic N) is 2. The molecular weight excluding hydrogens is 264 g/mol. The van der Waals surface area contributed by atoms with Gasteiger partial charge in [-0.25, -0.2) is 0 Å². The number of non-ortho nitro benzene ring substituents is 1. The summed E-state index contributed by atoms with van der Waals surface area (Å²) in [5, 5.41) is 20.9. The maximum Gasteiger partial charge on any atom is 0.269 e. The van der Waals surface area contributed by atoms with Crippen molar-refractivity contribution >= 4 is 17.4 Å². The summed E-state index contributed by atoms with van der Waals surface area (Å²) in [4.78, 5) is 12.4. The molecule has 2 atom stereocenters. The highest BCUT2D eigenvalue weighted by Crippen LogP contribution is 2.24. The Morgan fingerprint density at radius 2 is 2.42 bits per heavy atom. The van der Waals surface area contributed by atoms with E-state index in [4.69, 9.17) is 0 Å². The van der Waals surface area contributed by atoms with Crippen molar-refractivity contribution in [1.29, 1.82) is 0 Å². The summed E-state index contributed by atoms with van der Waals surface area (Å²) in [5.74, 6) is 2.26. The minimum Gasteiger partial charge on any atom is -0.387 e. The van der Waals surface area contributed by atoms with Gasteiger partial charge in [-0.15, -0.1) is 0 Å². The molecule has 6 heteroatoms. The molecule has 0 spiro atoms. The van der Waals surface area contributed by atoms with E-state index >= 15 is 0 Å². The lowest BCUT2D eigenvalue weighted by Crippen LogP contribution is -2.34. The second-order valence-corrected chi connectivity index (χ2v) is 5.97. The Labute approximate surface area is 116 Å². The van der Waals surface area contributed by atoms with Crippen molar-refractivity contribution in [2.24, 2.45) is 0 Å². The summed E-state index contributed by atoms with van der Waals surface area (Å²) in [6, 6.07) is 6.73. The Kier molecular flexibility index (Phi) is 4.79. The molecule has 0 radical (unpaired) electrons. The largest absolute Gasteiger partial charge is 0.387 e. The Balaban J connectivity index is 2.00. The molecule has 0 bridgehead atoms. The van der Waals surface area contributed by atoms with Crippen molar-refractivity contribution in [1.82, 2.24) is 4.90 Å². The van der Waals surface area contributed by atoms with E-state index in [0.717, 1.165) is 12.2 Å². The zero-order valence-electron chi connectivity index (χ0n) is 10.9. The van der Waals surface area contributed by atoms with Crippen LogP contribution in [0, 0.1) is 10.1 Å². The minimum absolute atomic E-state index is 0.0237. The number of rotatable bonds is 5. The normalized spacial score (nSPS) is 20.7. The Morgan fingerprint density at radius 1 is 1.63 bits per heavy atom. The van der Waals surface area contributed by atoms with E-state index in [1.165, 1.54) is 17.9 Å². The lowest BCUT2D eigenvalue weighted by molar-refractivity contribution is -0.385. The van der Waals surface area contributed by atoms with Gasteiger partial charge < -0.3 is 5.11 Å². The number of nitro groups is 1. The first-order valence-electron chi connectivity index (χ1n) is 6.28. The second kappa shape index (κ2) is 6.36. The molecular formula is C13H18N2O3S. The number of thioether (sulfide) groups is 1. The third kappa shape index (κ3) is 3.68. The summed E-state index contributed by atoms with van der Waals surface area (Å²) in [6.07, 6.45) is 0.457. The highest BCUT2D eigenvalue weighted by atomic mass is 32.2. The molecule has 0 aromatic heterocycles. The number of nitro benzene ring substituents is 1. The van der Waals surface area contributed by atoms with Gasteiger partial charge >= 0.3 is 0 Å². The fourth-order valence-corrected chi connectivity index (χ4v) is 3.54. The molecule has 0 unspecified atom stereocenters. The van der Waals surface area contributed by atoms with E-state index in [1.54, 1.807) is 12.1 Å². The summed E-state index contributed by atoms with van der Waals surface area (Å²) in [6.45, 7) is 0.506. The van der Waals surface area contributed by atoms with Crippen LogP contribution in [0.4, 0.5) is 5.69 Å². The molecule has 5 nitrogen and oxygen atoms in total. The number of aliphatic hydroxyl groups excluding tert-OH is 1. The quantitative estimate of drug-likeness (QED) is 0.661. The number of aliphatic hydroxyl groups is 1. The molecule has 1 aliphatic heterocycles. The van der Waals surface area contributed by atoms with Crippen LogP contribution in [0.5, 0.6) is 0 Å². The SMILES string of the molecule is CN(C[C@@H](O)c1cccc([N+](=O)[O-])c1)[C@H]1CCSC1. The number of hydrogen-bond donors (Lipinski definition) is 1. The molecule has 0 amide bonds. The average Bonchev–Trinajstić information content (AvgIpc) is 2.92. The predicted octanol–water partition coefficient (Wildman–Crippen LogP) is 2.07. The molecule has 0 aliphatic carbocycles. The lowest BCUT2D eigenvalue weighted by atomic mass is 10.1. The van der Waals surface area contributed by atoms with Gasteiger partial charge in [0.1, 0.15) is 0 Å². The first kappa shape index (κ1) is 14.3. The molecule has 0 saturated carbocycles. The van der Waals surface area contributed by atoms with Crippen LogP contribution in [0.3, 0.4) is 0 Å². The van der Waals surface area contributed by atoms with Crippen molar-refractivity contribution in [2.75, 3.05) is 25.1 Å². The Hall–Kier alpha value is -1.11. The molecule has 1 fully saturated rings. The van der Waals surface area contributed by atoms with Crippen molar-refractivity contribution in [3.8, 4) is 0 Å². The highest BCUT2D eigenvalue weighted by Gasteiger charge is 2.22. The van der Waals surface area contributed by atoms with Gasteiger partial charge in [0.25, 0.3) is 5.69 Å². The molecule has 1 aliphatic rings. The second-order valence-electron chi connectivity index (χ2n) is 4.82. The van der Waals surface area contributed by atoms with Crippen LogP contribution < -0.4 is 0 Å². The molecule has 2 rings (SSSR count). The van der Waals surface area contributed by atoms with Crippen molar-refractivity contribution < 1.29 is 10.0 Å². The first-order chi connectivity index (χ1) is 9.08. The van der Waals surface area contributed by atoms with Crippen molar-refractivity contribution in [3.05, 3.63) is 39.9 Å². The number of hydrogen-bond acceptors (Lipinski definition) is 5. The van der Waals surface area contributed by atoms with Crippen LogP contribution in [-0.2, 0) is 0 Å². The maximum atomic E-state index is 10.7. The van der Waals surface area contributed by atoms with Crippen LogP contribution in [-0.4, -0.2) is 46.1 Å². The van der Waals surface area contributed by atoms with Crippen LogP contribution >= 0.6 is 11.8 Å². The summed E-state index contributed by atoms with van der Waals surface area (Å²) in [7, 11) is 2.00. The molecule has 1 heterocycles. The lowest BCUT2D eigenvalue weighted by Gasteiger charge is -2.26. The average molecular weight is 282 g/mol. The third-order valence-corrected chi connectivity index (χ3v) is 4.60. The minimum atomic E-state index is -0.685. The van der Waals surface area contributed by atoms with Gasteiger partial charge in [-0.1, -0.05) is 12.1 Å². The van der Waals surface area contributed by atoms with E-state index in [1.807, 2.05) is 18.8 Å². The van der Waals surface area contributed by atoms with Gasteiger partial charge in [-0.3, -0.25) is 15.0 Å². The van der Waals surface area contributed by atoms with E-state index in [2.05, 4.69) is 4.90 Å². The molecule has 1 aromatic carbocycles. The Bertz CT molecular complexity index is 449. The zero-order chi connectivity index (χ0) is 13.8. The van der Waals surface area contributed by atoms with E-state index < -0.39 is 11.0 Å². The number of likely N-dealkylation sites (N-methyl/N-ethyl adjacent to an activating group) is 1. The van der Waals surface area contributed by atoms with E-state index in [-0.39, 0.29) is 5.69 Å². The van der Waals surface area contributed by atoms with Gasteiger partial charge in [0.15, 0.2) is 0 Å². The zero-order valence-corrected chi connectivity index (χ0v) is 11.7. The van der Waals surface area contributed by atoms with Gasteiger partial charge in [0, 0.05) is 30.5 Å². The standard InChI is InChI=1S/C13H18N2O3S/c1-14(12-5-6-19-9-12)8-13(16)10-3-2-4-11(7-10)15(17)18/h2-4,7,12-13,16H,5-6,8-9H2,1H3/t12-,13+/m0/s1.